The summed E-state index contributed by atoms with van der Waals surface area (Å²) in [6.07, 6.45) is -3.63. The van der Waals surface area contributed by atoms with Crippen molar-refractivity contribution in [3.05, 3.63) is 43.5 Å². The maximum absolute atomic E-state index is 12.9. The van der Waals surface area contributed by atoms with E-state index in [1.165, 1.54) is 7.11 Å². The Labute approximate surface area is 226 Å². The van der Waals surface area contributed by atoms with E-state index in [-0.39, 0.29) is 6.79 Å². The Morgan fingerprint density at radius 3 is 2.21 bits per heavy atom. The number of allylic oxidation sites excluding steroid dienone is 2. The first-order chi connectivity index (χ1) is 18.7. The highest BCUT2D eigenvalue weighted by Crippen LogP contribution is 2.35. The Morgan fingerprint density at radius 2 is 1.62 bits per heavy atom. The molecule has 2 aliphatic heterocycles. The third-order valence-electron chi connectivity index (χ3n) is 6.22. The Balaban J connectivity index is 1.88. The summed E-state index contributed by atoms with van der Waals surface area (Å²) in [7, 11) is 1.31. The number of anilines is 1. The molecule has 1 aromatic rings. The number of amides is 1. The van der Waals surface area contributed by atoms with E-state index in [2.05, 4.69) is 18.5 Å². The molecule has 39 heavy (non-hydrogen) atoms. The topological polar surface area (TPSA) is 148 Å². The summed E-state index contributed by atoms with van der Waals surface area (Å²) in [5, 5.41) is 12.6. The fourth-order valence-electron chi connectivity index (χ4n) is 4.06. The van der Waals surface area contributed by atoms with Crippen LogP contribution in [-0.2, 0) is 33.3 Å². The van der Waals surface area contributed by atoms with Crippen LogP contribution in [0.4, 0.5) is 10.5 Å². The molecule has 7 atom stereocenters. The summed E-state index contributed by atoms with van der Waals surface area (Å²) in [5.74, 6) is -1.49. The van der Waals surface area contributed by atoms with E-state index in [0.717, 1.165) is 0 Å². The summed E-state index contributed by atoms with van der Waals surface area (Å²) >= 11 is 0. The maximum Gasteiger partial charge on any atom is 0.412 e. The zero-order valence-electron chi connectivity index (χ0n) is 22.2. The van der Waals surface area contributed by atoms with Crippen molar-refractivity contribution in [3.63, 3.8) is 0 Å². The van der Waals surface area contributed by atoms with Gasteiger partial charge in [-0.3, -0.25) is 14.9 Å². The van der Waals surface area contributed by atoms with Crippen molar-refractivity contribution in [2.24, 2.45) is 11.8 Å². The molecule has 214 valence electrons. The van der Waals surface area contributed by atoms with Crippen LogP contribution in [0.3, 0.4) is 0 Å². The molecule has 0 radical (unpaired) electrons. The van der Waals surface area contributed by atoms with Crippen LogP contribution >= 0.6 is 0 Å². The van der Waals surface area contributed by atoms with Gasteiger partial charge in [0.15, 0.2) is 36.1 Å². The molecule has 0 bridgehead atoms. The van der Waals surface area contributed by atoms with Crippen LogP contribution in [0.5, 0.6) is 11.5 Å². The van der Waals surface area contributed by atoms with Gasteiger partial charge in [0.05, 0.1) is 18.4 Å². The Kier molecular flexibility index (Phi) is 10.7. The van der Waals surface area contributed by atoms with Crippen molar-refractivity contribution in [1.29, 1.82) is 0 Å². The predicted octanol–water partition coefficient (Wildman–Crippen LogP) is 2.94. The second-order valence-corrected chi connectivity index (χ2v) is 9.18. The van der Waals surface area contributed by atoms with E-state index >= 15 is 0 Å². The van der Waals surface area contributed by atoms with Crippen molar-refractivity contribution < 1.29 is 52.6 Å². The normalized spacial score (nSPS) is 25.1. The van der Waals surface area contributed by atoms with Crippen LogP contribution in [-0.4, -0.2) is 74.4 Å². The minimum absolute atomic E-state index is 0.0599. The van der Waals surface area contributed by atoms with E-state index < -0.39 is 67.2 Å². The molecule has 0 unspecified atom stereocenters. The predicted molar refractivity (Wildman–Crippen MR) is 137 cm³/mol. The number of nitrogens with one attached hydrogen (secondary N) is 1. The van der Waals surface area contributed by atoms with Crippen LogP contribution in [0, 0.1) is 11.8 Å². The number of methoxy groups -OCH3 is 1. The van der Waals surface area contributed by atoms with Crippen molar-refractivity contribution in [2.75, 3.05) is 25.8 Å². The van der Waals surface area contributed by atoms with Gasteiger partial charge in [0, 0.05) is 18.9 Å². The van der Waals surface area contributed by atoms with Crippen LogP contribution in [0.25, 0.3) is 0 Å². The van der Waals surface area contributed by atoms with E-state index in [9.17, 15) is 19.5 Å². The molecule has 1 aromatic carbocycles. The lowest BCUT2D eigenvalue weighted by molar-refractivity contribution is -0.300. The van der Waals surface area contributed by atoms with Gasteiger partial charge in [0.25, 0.3) is 0 Å². The number of aliphatic hydroxyl groups excluding tert-OH is 1. The number of hydrogen-bond acceptors (Lipinski definition) is 11. The lowest BCUT2D eigenvalue weighted by atomic mass is 9.97. The minimum atomic E-state index is -1.37. The zero-order valence-corrected chi connectivity index (χ0v) is 22.2. The van der Waals surface area contributed by atoms with Crippen molar-refractivity contribution in [1.82, 2.24) is 0 Å². The van der Waals surface area contributed by atoms with Gasteiger partial charge in [-0.05, 0) is 25.0 Å². The van der Waals surface area contributed by atoms with Gasteiger partial charge in [0.2, 0.25) is 6.79 Å². The average molecular weight is 550 g/mol. The number of hydrogen-bond donors (Lipinski definition) is 2. The molecule has 0 saturated carbocycles. The van der Waals surface area contributed by atoms with E-state index in [4.69, 9.17) is 33.2 Å². The standard InChI is InChI=1S/C27H35NO11/c1-6-8-15(3)24(30)37-22-21(39-27(32)28-17-10-11-18-19(12-17)35-14-34-18)20(13-29)36-26(33-5)23(22)38-25(31)16(4)9-7-2/h6-7,10-12,15-16,20-23,26,29H,1-2,8-9,13-14H2,3-5H3,(H,28,32)/t15-,16-,20-,21-,22+,23+,26+/m1/s1. The molecule has 2 heterocycles. The molecule has 2 aliphatic rings. The first-order valence-corrected chi connectivity index (χ1v) is 12.5. The molecular weight excluding hydrogens is 514 g/mol. The number of benzene rings is 1. The monoisotopic (exact) mass is 549 g/mol. The summed E-state index contributed by atoms with van der Waals surface area (Å²) < 4.78 is 38.8. The number of aliphatic hydroxyl groups is 1. The quantitative estimate of drug-likeness (QED) is 0.225. The molecule has 12 nitrogen and oxygen atoms in total. The molecule has 1 amide bonds. The van der Waals surface area contributed by atoms with Gasteiger partial charge in [-0.1, -0.05) is 26.0 Å². The number of esters is 2. The number of carbonyl (C=O) groups is 3. The third kappa shape index (κ3) is 7.49. The Bertz CT molecular complexity index is 1040. The van der Waals surface area contributed by atoms with Gasteiger partial charge < -0.3 is 38.3 Å². The first-order valence-electron chi connectivity index (χ1n) is 12.5. The number of rotatable bonds is 12. The summed E-state index contributed by atoms with van der Waals surface area (Å²) in [4.78, 5) is 38.7. The van der Waals surface area contributed by atoms with Gasteiger partial charge in [-0.15, -0.1) is 13.2 Å². The lowest BCUT2D eigenvalue weighted by Crippen LogP contribution is -2.63. The fraction of sp³-hybridized carbons (Fsp3) is 0.519. The SMILES string of the molecule is C=CC[C@@H](C)C(=O)O[C@@H]1[C@H](OC(=O)[C@H](C)CC=C)[C@@H](OC)O[C@H](CO)[C@H]1OC(=O)Nc1ccc2c(c1)OCO2. The highest BCUT2D eigenvalue weighted by Gasteiger charge is 2.53. The molecule has 0 aromatic heterocycles. The summed E-state index contributed by atoms with van der Waals surface area (Å²) in [6, 6.07) is 4.75. The molecule has 1 fully saturated rings. The Hall–Kier alpha value is -3.61. The largest absolute Gasteiger partial charge is 0.454 e. The first kappa shape index (κ1) is 29.9. The minimum Gasteiger partial charge on any atom is -0.454 e. The Morgan fingerprint density at radius 1 is 1.00 bits per heavy atom. The molecular formula is C27H35NO11. The fourth-order valence-corrected chi connectivity index (χ4v) is 4.06. The summed E-state index contributed by atoms with van der Waals surface area (Å²) in [6.45, 7) is 9.98. The molecule has 2 N–H and O–H groups in total. The van der Waals surface area contributed by atoms with Crippen LogP contribution in [0.15, 0.2) is 43.5 Å². The molecule has 3 rings (SSSR count). The van der Waals surface area contributed by atoms with Crippen LogP contribution in [0.2, 0.25) is 0 Å². The van der Waals surface area contributed by atoms with Gasteiger partial charge in [-0.2, -0.15) is 0 Å². The average Bonchev–Trinajstić information content (AvgIpc) is 3.38. The van der Waals surface area contributed by atoms with Gasteiger partial charge >= 0.3 is 18.0 Å². The van der Waals surface area contributed by atoms with E-state index in [1.807, 2.05) is 0 Å². The van der Waals surface area contributed by atoms with E-state index in [0.29, 0.717) is 30.0 Å². The van der Waals surface area contributed by atoms with Crippen molar-refractivity contribution >= 4 is 23.7 Å². The lowest BCUT2D eigenvalue weighted by Gasteiger charge is -2.44. The van der Waals surface area contributed by atoms with Crippen LogP contribution < -0.4 is 14.8 Å². The van der Waals surface area contributed by atoms with Crippen molar-refractivity contribution in [2.45, 2.75) is 57.4 Å². The number of fused-ring (bicyclic) bond motifs is 1. The van der Waals surface area contributed by atoms with Crippen LogP contribution in [0.1, 0.15) is 26.7 Å². The molecule has 0 spiro atoms. The molecule has 1 saturated heterocycles. The molecule has 0 aliphatic carbocycles. The zero-order chi connectivity index (χ0) is 28.5. The molecule has 12 heteroatoms. The van der Waals surface area contributed by atoms with E-state index in [1.54, 1.807) is 44.2 Å². The summed E-state index contributed by atoms with van der Waals surface area (Å²) in [5.41, 5.74) is 0.339. The maximum atomic E-state index is 12.9. The number of carbonyl (C=O) groups excluding carboxylic acids is 3. The second kappa shape index (κ2) is 14.0. The smallest absolute Gasteiger partial charge is 0.412 e. The highest BCUT2D eigenvalue weighted by molar-refractivity contribution is 5.85. The number of ether oxygens (including phenoxy) is 7. The van der Waals surface area contributed by atoms with Gasteiger partial charge in [0.1, 0.15) is 6.10 Å². The highest BCUT2D eigenvalue weighted by atomic mass is 16.7. The van der Waals surface area contributed by atoms with Gasteiger partial charge in [-0.25, -0.2) is 4.79 Å². The van der Waals surface area contributed by atoms with Crippen molar-refractivity contribution in [3.8, 4) is 11.5 Å². The second-order valence-electron chi connectivity index (χ2n) is 9.18. The third-order valence-corrected chi connectivity index (χ3v) is 6.22.